The monoisotopic (exact) mass is 417 g/mol. The van der Waals surface area contributed by atoms with Crippen LogP contribution in [0.5, 0.6) is 0 Å². The molecule has 2 fully saturated rings. The molecule has 3 aromatic rings. The van der Waals surface area contributed by atoms with Crippen LogP contribution in [0.15, 0.2) is 59.6 Å². The number of fused-ring (bicyclic) bond motifs is 2. The molecule has 0 N–H and O–H groups in total. The molecule has 1 amide bonds. The van der Waals surface area contributed by atoms with Gasteiger partial charge in [-0.3, -0.25) is 4.79 Å². The molecule has 1 saturated heterocycles. The molecule has 0 unspecified atom stereocenters. The molecule has 4 nitrogen and oxygen atoms in total. The number of carbonyl (C=O) groups is 1. The predicted octanol–water partition coefficient (Wildman–Crippen LogP) is 5.43. The third-order valence-electron chi connectivity index (χ3n) is 6.68. The summed E-state index contributed by atoms with van der Waals surface area (Å²) in [5.41, 5.74) is 1.95. The summed E-state index contributed by atoms with van der Waals surface area (Å²) in [6, 6.07) is 18.4. The van der Waals surface area contributed by atoms with Gasteiger partial charge in [0, 0.05) is 29.4 Å². The Kier molecular flexibility index (Phi) is 5.71. The zero-order valence-electron chi connectivity index (χ0n) is 17.2. The van der Waals surface area contributed by atoms with E-state index in [1.807, 2.05) is 30.3 Å². The van der Waals surface area contributed by atoms with Crippen LogP contribution in [0.1, 0.15) is 32.1 Å². The van der Waals surface area contributed by atoms with Crippen molar-refractivity contribution in [2.24, 2.45) is 11.8 Å². The molecular formula is C25H27N3OS. The van der Waals surface area contributed by atoms with E-state index in [2.05, 4.69) is 39.4 Å². The van der Waals surface area contributed by atoms with Crippen LogP contribution in [-0.4, -0.2) is 39.8 Å². The number of aromatic nitrogens is 2. The van der Waals surface area contributed by atoms with E-state index in [0.717, 1.165) is 46.1 Å². The van der Waals surface area contributed by atoms with Crippen molar-refractivity contribution in [3.8, 4) is 11.3 Å². The zero-order valence-corrected chi connectivity index (χ0v) is 18.0. The maximum Gasteiger partial charge on any atom is 0.233 e. The summed E-state index contributed by atoms with van der Waals surface area (Å²) in [6.45, 7) is 1.86. The van der Waals surface area contributed by atoms with Gasteiger partial charge in [-0.05, 0) is 24.7 Å². The summed E-state index contributed by atoms with van der Waals surface area (Å²) < 4.78 is 0. The number of carbonyl (C=O) groups excluding carboxylic acids is 1. The zero-order chi connectivity index (χ0) is 20.3. The van der Waals surface area contributed by atoms with Crippen molar-refractivity contribution in [3.05, 3.63) is 54.6 Å². The normalized spacial score (nSPS) is 21.4. The molecule has 0 radical (unpaired) electrons. The average Bonchev–Trinajstić information content (AvgIpc) is 2.82. The van der Waals surface area contributed by atoms with Crippen LogP contribution >= 0.6 is 11.8 Å². The minimum atomic E-state index is 0.238. The van der Waals surface area contributed by atoms with Gasteiger partial charge in [0.1, 0.15) is 10.7 Å². The van der Waals surface area contributed by atoms with Crippen LogP contribution in [0, 0.1) is 11.8 Å². The van der Waals surface area contributed by atoms with E-state index >= 15 is 0 Å². The number of rotatable bonds is 4. The lowest BCUT2D eigenvalue weighted by Crippen LogP contribution is -2.45. The van der Waals surface area contributed by atoms with Gasteiger partial charge in [0.15, 0.2) is 0 Å². The Morgan fingerprint density at radius 3 is 2.47 bits per heavy atom. The number of hydrogen-bond acceptors (Lipinski definition) is 4. The number of thioether (sulfide) groups is 1. The SMILES string of the molecule is O=C(CSc1nnc(-c2ccccc2)c2ccccc12)N1CC[C@H]2CCCC[C@H]2C1. The molecule has 30 heavy (non-hydrogen) atoms. The van der Waals surface area contributed by atoms with Crippen molar-refractivity contribution in [1.82, 2.24) is 15.1 Å². The highest BCUT2D eigenvalue weighted by Crippen LogP contribution is 2.37. The first-order valence-electron chi connectivity index (χ1n) is 11.0. The van der Waals surface area contributed by atoms with Crippen LogP contribution in [0.2, 0.25) is 0 Å². The first-order valence-corrected chi connectivity index (χ1v) is 12.0. The predicted molar refractivity (Wildman–Crippen MR) is 122 cm³/mol. The Hall–Kier alpha value is -2.40. The molecule has 1 aliphatic heterocycles. The number of hydrogen-bond donors (Lipinski definition) is 0. The molecule has 0 bridgehead atoms. The first-order chi connectivity index (χ1) is 14.8. The summed E-state index contributed by atoms with van der Waals surface area (Å²) in [5.74, 6) is 2.23. The minimum absolute atomic E-state index is 0.238. The first kappa shape index (κ1) is 19.6. The van der Waals surface area contributed by atoms with Crippen LogP contribution in [0.25, 0.3) is 22.0 Å². The molecule has 2 heterocycles. The second kappa shape index (κ2) is 8.76. The summed E-state index contributed by atoms with van der Waals surface area (Å²) in [5, 5.41) is 12.0. The second-order valence-electron chi connectivity index (χ2n) is 8.49. The van der Waals surface area contributed by atoms with Gasteiger partial charge in [-0.1, -0.05) is 85.6 Å². The third-order valence-corrected chi connectivity index (χ3v) is 7.64. The number of amides is 1. The van der Waals surface area contributed by atoms with Gasteiger partial charge in [-0.2, -0.15) is 0 Å². The van der Waals surface area contributed by atoms with E-state index in [1.54, 1.807) is 0 Å². The van der Waals surface area contributed by atoms with Crippen molar-refractivity contribution in [2.75, 3.05) is 18.8 Å². The van der Waals surface area contributed by atoms with Crippen LogP contribution < -0.4 is 0 Å². The van der Waals surface area contributed by atoms with E-state index in [4.69, 9.17) is 0 Å². The number of likely N-dealkylation sites (tertiary alicyclic amines) is 1. The molecule has 1 saturated carbocycles. The topological polar surface area (TPSA) is 46.1 Å². The molecule has 2 atom stereocenters. The van der Waals surface area contributed by atoms with E-state index in [1.165, 1.54) is 43.9 Å². The lowest BCUT2D eigenvalue weighted by molar-refractivity contribution is -0.131. The minimum Gasteiger partial charge on any atom is -0.342 e. The van der Waals surface area contributed by atoms with Crippen molar-refractivity contribution >= 4 is 28.4 Å². The summed E-state index contributed by atoms with van der Waals surface area (Å²) >= 11 is 1.52. The van der Waals surface area contributed by atoms with Crippen LogP contribution in [0.3, 0.4) is 0 Å². The molecule has 5 heteroatoms. The Labute approximate surface area is 182 Å². The Bertz CT molecular complexity index is 1040. The highest BCUT2D eigenvalue weighted by molar-refractivity contribution is 8.00. The molecule has 0 spiro atoms. The van der Waals surface area contributed by atoms with E-state index in [-0.39, 0.29) is 5.91 Å². The van der Waals surface area contributed by atoms with Gasteiger partial charge in [-0.15, -0.1) is 10.2 Å². The fourth-order valence-corrected chi connectivity index (χ4v) is 5.92. The molecule has 154 valence electrons. The second-order valence-corrected chi connectivity index (χ2v) is 9.45. The van der Waals surface area contributed by atoms with Gasteiger partial charge < -0.3 is 4.90 Å². The summed E-state index contributed by atoms with van der Waals surface area (Å²) in [7, 11) is 0. The maximum absolute atomic E-state index is 12.9. The van der Waals surface area contributed by atoms with E-state index in [9.17, 15) is 4.79 Å². The van der Waals surface area contributed by atoms with Gasteiger partial charge in [-0.25, -0.2) is 0 Å². The Morgan fingerprint density at radius 1 is 0.900 bits per heavy atom. The molecule has 1 aliphatic carbocycles. The summed E-state index contributed by atoms with van der Waals surface area (Å²) in [6.07, 6.45) is 6.52. The molecule has 1 aromatic heterocycles. The highest BCUT2D eigenvalue weighted by Gasteiger charge is 2.32. The lowest BCUT2D eigenvalue weighted by atomic mass is 9.75. The third kappa shape index (κ3) is 3.95. The maximum atomic E-state index is 12.9. The fraction of sp³-hybridized carbons (Fsp3) is 0.400. The Morgan fingerprint density at radius 2 is 1.63 bits per heavy atom. The van der Waals surface area contributed by atoms with Crippen LogP contribution in [-0.2, 0) is 4.79 Å². The number of nitrogens with zero attached hydrogens (tertiary/aromatic N) is 3. The number of piperidine rings is 1. The van der Waals surface area contributed by atoms with E-state index in [0.29, 0.717) is 11.7 Å². The van der Waals surface area contributed by atoms with Gasteiger partial charge in [0.05, 0.1) is 5.75 Å². The standard InChI is InChI=1S/C25H27N3OS/c29-23(28-15-14-18-8-4-5-11-20(18)16-28)17-30-25-22-13-7-6-12-21(22)24(26-27-25)19-9-2-1-3-10-19/h1-3,6-7,9-10,12-13,18,20H,4-5,8,11,14-17H2/t18-,20+/m1/s1. The van der Waals surface area contributed by atoms with Crippen molar-refractivity contribution in [2.45, 2.75) is 37.1 Å². The molecule has 2 aliphatic rings. The highest BCUT2D eigenvalue weighted by atomic mass is 32.2. The smallest absolute Gasteiger partial charge is 0.233 e. The average molecular weight is 418 g/mol. The molecule has 5 rings (SSSR count). The van der Waals surface area contributed by atoms with Crippen molar-refractivity contribution in [3.63, 3.8) is 0 Å². The molecular weight excluding hydrogens is 390 g/mol. The largest absolute Gasteiger partial charge is 0.342 e. The van der Waals surface area contributed by atoms with Gasteiger partial charge in [0.25, 0.3) is 0 Å². The van der Waals surface area contributed by atoms with E-state index < -0.39 is 0 Å². The van der Waals surface area contributed by atoms with Gasteiger partial charge >= 0.3 is 0 Å². The van der Waals surface area contributed by atoms with Gasteiger partial charge in [0.2, 0.25) is 5.91 Å². The summed E-state index contributed by atoms with van der Waals surface area (Å²) in [4.78, 5) is 15.0. The fourth-order valence-electron chi connectivity index (χ4n) is 5.04. The van der Waals surface area contributed by atoms with Crippen molar-refractivity contribution < 1.29 is 4.79 Å². The van der Waals surface area contributed by atoms with Crippen molar-refractivity contribution in [1.29, 1.82) is 0 Å². The van der Waals surface area contributed by atoms with Crippen LogP contribution in [0.4, 0.5) is 0 Å². The Balaban J connectivity index is 1.32. The quantitative estimate of drug-likeness (QED) is 0.531. The molecule has 2 aromatic carbocycles. The number of benzene rings is 2. The lowest BCUT2D eigenvalue weighted by Gasteiger charge is -2.41.